The van der Waals surface area contributed by atoms with E-state index >= 15 is 0 Å². The zero-order valence-corrected chi connectivity index (χ0v) is 13.0. The van der Waals surface area contributed by atoms with Gasteiger partial charge in [-0.05, 0) is 44.9 Å². The Labute approximate surface area is 121 Å². The van der Waals surface area contributed by atoms with Crippen molar-refractivity contribution in [2.75, 3.05) is 13.2 Å². The van der Waals surface area contributed by atoms with Crippen molar-refractivity contribution >= 4 is 11.9 Å². The molecule has 5 heteroatoms. The Hall–Kier alpha value is -1.10. The van der Waals surface area contributed by atoms with Crippen molar-refractivity contribution in [2.45, 2.75) is 59.1 Å². The van der Waals surface area contributed by atoms with Crippen molar-refractivity contribution in [1.82, 2.24) is 5.32 Å². The summed E-state index contributed by atoms with van der Waals surface area (Å²) in [5, 5.41) is 2.84. The van der Waals surface area contributed by atoms with E-state index in [0.717, 1.165) is 6.42 Å². The molecule has 1 aliphatic carbocycles. The maximum Gasteiger partial charge on any atom is 0.335 e. The first-order valence-electron chi connectivity index (χ1n) is 7.47. The average Bonchev–Trinajstić information content (AvgIpc) is 3.19. The number of amides is 1. The minimum Gasteiger partial charge on any atom is -0.454 e. The van der Waals surface area contributed by atoms with Crippen molar-refractivity contribution in [3.8, 4) is 0 Å². The second-order valence-electron chi connectivity index (χ2n) is 6.00. The van der Waals surface area contributed by atoms with Crippen LogP contribution in [-0.4, -0.2) is 37.2 Å². The molecule has 0 radical (unpaired) electrons. The largest absolute Gasteiger partial charge is 0.454 e. The molecule has 5 nitrogen and oxygen atoms in total. The van der Waals surface area contributed by atoms with Gasteiger partial charge in [0.15, 0.2) is 12.7 Å². The summed E-state index contributed by atoms with van der Waals surface area (Å²) in [5.41, 5.74) is 0. The third-order valence-electron chi connectivity index (χ3n) is 3.46. The number of hydrogen-bond acceptors (Lipinski definition) is 4. The fraction of sp³-hybridized carbons (Fsp3) is 0.867. The van der Waals surface area contributed by atoms with Crippen molar-refractivity contribution < 1.29 is 19.1 Å². The Balaban J connectivity index is 2.12. The van der Waals surface area contributed by atoms with Gasteiger partial charge in [0.25, 0.3) is 5.91 Å². The monoisotopic (exact) mass is 285 g/mol. The summed E-state index contributed by atoms with van der Waals surface area (Å²) in [5.74, 6) is 0.399. The van der Waals surface area contributed by atoms with E-state index in [2.05, 4.69) is 19.2 Å². The number of rotatable bonds is 9. The number of carbonyl (C=O) groups excluding carboxylic acids is 2. The number of esters is 1. The molecule has 0 aromatic carbocycles. The van der Waals surface area contributed by atoms with Crippen molar-refractivity contribution in [2.24, 2.45) is 11.8 Å². The summed E-state index contributed by atoms with van der Waals surface area (Å²) in [4.78, 5) is 23.2. The van der Waals surface area contributed by atoms with Crippen LogP contribution in [0.25, 0.3) is 0 Å². The highest BCUT2D eigenvalue weighted by atomic mass is 16.6. The molecule has 0 heterocycles. The lowest BCUT2D eigenvalue weighted by atomic mass is 10.1. The van der Waals surface area contributed by atoms with E-state index < -0.39 is 12.1 Å². The molecule has 1 rings (SSSR count). The Bertz CT molecular complexity index is 326. The van der Waals surface area contributed by atoms with Gasteiger partial charge < -0.3 is 14.8 Å². The first-order chi connectivity index (χ1) is 9.40. The van der Waals surface area contributed by atoms with Crippen LogP contribution in [0.5, 0.6) is 0 Å². The number of hydrogen-bond donors (Lipinski definition) is 1. The molecule has 1 N–H and O–H groups in total. The minimum absolute atomic E-state index is 0.168. The zero-order valence-electron chi connectivity index (χ0n) is 13.0. The molecule has 116 valence electrons. The quantitative estimate of drug-likeness (QED) is 0.657. The third-order valence-corrected chi connectivity index (χ3v) is 3.46. The van der Waals surface area contributed by atoms with Crippen LogP contribution in [0.1, 0.15) is 47.0 Å². The van der Waals surface area contributed by atoms with Crippen molar-refractivity contribution in [1.29, 1.82) is 0 Å². The molecule has 2 atom stereocenters. The Morgan fingerprint density at radius 2 is 1.85 bits per heavy atom. The van der Waals surface area contributed by atoms with E-state index in [9.17, 15) is 9.59 Å². The topological polar surface area (TPSA) is 64.6 Å². The normalized spacial score (nSPS) is 17.6. The van der Waals surface area contributed by atoms with Crippen LogP contribution in [-0.2, 0) is 19.1 Å². The molecule has 0 aliphatic heterocycles. The molecular formula is C15H27NO4. The Morgan fingerprint density at radius 1 is 1.20 bits per heavy atom. The van der Waals surface area contributed by atoms with E-state index in [1.807, 2.05) is 6.92 Å². The Kier molecular flexibility index (Phi) is 6.99. The van der Waals surface area contributed by atoms with Crippen LogP contribution in [0.4, 0.5) is 0 Å². The van der Waals surface area contributed by atoms with Gasteiger partial charge in [-0.2, -0.15) is 0 Å². The standard InChI is InChI=1S/C15H27NO4/c1-10(2)7-8-19-12(4)15(18)20-9-14(17)16-11(3)13-5-6-13/h10-13H,5-9H2,1-4H3,(H,16,17). The Morgan fingerprint density at radius 3 is 2.40 bits per heavy atom. The minimum atomic E-state index is -0.623. The first-order valence-corrected chi connectivity index (χ1v) is 7.47. The van der Waals surface area contributed by atoms with Gasteiger partial charge in [0.1, 0.15) is 0 Å². The molecule has 2 unspecified atom stereocenters. The number of carbonyl (C=O) groups is 2. The van der Waals surface area contributed by atoms with Gasteiger partial charge in [-0.15, -0.1) is 0 Å². The zero-order chi connectivity index (χ0) is 15.1. The highest BCUT2D eigenvalue weighted by Gasteiger charge is 2.29. The predicted octanol–water partition coefficient (Wildman–Crippen LogP) is 1.90. The predicted molar refractivity (Wildman–Crippen MR) is 76.2 cm³/mol. The number of nitrogens with one attached hydrogen (secondary N) is 1. The maximum atomic E-state index is 11.6. The summed E-state index contributed by atoms with van der Waals surface area (Å²) < 4.78 is 10.3. The molecule has 0 aromatic heterocycles. The van der Waals surface area contributed by atoms with Gasteiger partial charge in [-0.1, -0.05) is 13.8 Å². The van der Waals surface area contributed by atoms with Gasteiger partial charge in [0, 0.05) is 12.6 Å². The summed E-state index contributed by atoms with van der Waals surface area (Å²) in [6, 6.07) is 0.168. The first kappa shape index (κ1) is 17.0. The van der Waals surface area contributed by atoms with Gasteiger partial charge in [-0.3, -0.25) is 4.79 Å². The van der Waals surface area contributed by atoms with Gasteiger partial charge in [-0.25, -0.2) is 4.79 Å². The summed E-state index contributed by atoms with van der Waals surface area (Å²) >= 11 is 0. The second kappa shape index (κ2) is 8.25. The van der Waals surface area contributed by atoms with Gasteiger partial charge >= 0.3 is 5.97 Å². The molecule has 0 spiro atoms. The lowest BCUT2D eigenvalue weighted by Crippen LogP contribution is -2.38. The highest BCUT2D eigenvalue weighted by molar-refractivity contribution is 5.82. The van der Waals surface area contributed by atoms with E-state index in [4.69, 9.17) is 9.47 Å². The molecular weight excluding hydrogens is 258 g/mol. The van der Waals surface area contributed by atoms with E-state index in [1.54, 1.807) is 6.92 Å². The molecule has 1 aliphatic rings. The van der Waals surface area contributed by atoms with Gasteiger partial charge in [0.05, 0.1) is 0 Å². The molecule has 0 bridgehead atoms. The average molecular weight is 285 g/mol. The van der Waals surface area contributed by atoms with Gasteiger partial charge in [0.2, 0.25) is 0 Å². The smallest absolute Gasteiger partial charge is 0.335 e. The van der Waals surface area contributed by atoms with Crippen LogP contribution in [0, 0.1) is 11.8 Å². The lowest BCUT2D eigenvalue weighted by molar-refractivity contribution is -0.159. The summed E-state index contributed by atoms with van der Waals surface area (Å²) in [7, 11) is 0. The highest BCUT2D eigenvalue weighted by Crippen LogP contribution is 2.32. The molecule has 1 amide bonds. The molecule has 1 saturated carbocycles. The van der Waals surface area contributed by atoms with E-state index in [0.29, 0.717) is 18.4 Å². The van der Waals surface area contributed by atoms with Crippen LogP contribution >= 0.6 is 0 Å². The van der Waals surface area contributed by atoms with Crippen LogP contribution < -0.4 is 5.32 Å². The second-order valence-corrected chi connectivity index (χ2v) is 6.00. The third kappa shape index (κ3) is 6.89. The van der Waals surface area contributed by atoms with Crippen molar-refractivity contribution in [3.05, 3.63) is 0 Å². The molecule has 1 fully saturated rings. The van der Waals surface area contributed by atoms with Crippen LogP contribution in [0.15, 0.2) is 0 Å². The summed E-state index contributed by atoms with van der Waals surface area (Å²) in [6.07, 6.45) is 2.61. The van der Waals surface area contributed by atoms with E-state index in [1.165, 1.54) is 12.8 Å². The molecule has 0 saturated heterocycles. The lowest BCUT2D eigenvalue weighted by Gasteiger charge is -2.15. The van der Waals surface area contributed by atoms with Crippen LogP contribution in [0.3, 0.4) is 0 Å². The van der Waals surface area contributed by atoms with E-state index in [-0.39, 0.29) is 18.6 Å². The van der Waals surface area contributed by atoms with Crippen molar-refractivity contribution in [3.63, 3.8) is 0 Å². The maximum absolute atomic E-state index is 11.6. The SMILES string of the molecule is CC(C)CCOC(C)C(=O)OCC(=O)NC(C)C1CC1. The fourth-order valence-corrected chi connectivity index (χ4v) is 1.81. The van der Waals surface area contributed by atoms with Crippen LogP contribution in [0.2, 0.25) is 0 Å². The summed E-state index contributed by atoms with van der Waals surface area (Å²) in [6.45, 7) is 8.12. The molecule has 0 aromatic rings. The number of ether oxygens (including phenoxy) is 2. The molecule has 20 heavy (non-hydrogen) atoms. The fourth-order valence-electron chi connectivity index (χ4n) is 1.81.